The van der Waals surface area contributed by atoms with Crippen LogP contribution in [0.1, 0.15) is 36.1 Å². The second-order valence-electron chi connectivity index (χ2n) is 4.62. The maximum Gasteiger partial charge on any atom is 0.354 e. The molecule has 0 fully saturated rings. The summed E-state index contributed by atoms with van der Waals surface area (Å²) in [6.07, 6.45) is 3.09. The summed E-state index contributed by atoms with van der Waals surface area (Å²) in [7, 11) is 0. The summed E-state index contributed by atoms with van der Waals surface area (Å²) in [4.78, 5) is 23.3. The first-order valence-electron chi connectivity index (χ1n) is 6.55. The van der Waals surface area contributed by atoms with E-state index in [1.807, 2.05) is 6.92 Å². The standard InChI is InChI=1S/C13H17N5O3/c1-4-17-7-10(8(2)16-17)15-12(19)9(3)18-11(13(20)21)5-6-14-18/h5-7,9H,4H2,1-3H3,(H,15,19)(H,20,21). The van der Waals surface area contributed by atoms with Gasteiger partial charge in [0, 0.05) is 18.9 Å². The van der Waals surface area contributed by atoms with E-state index in [0.717, 1.165) is 0 Å². The molecule has 1 unspecified atom stereocenters. The van der Waals surface area contributed by atoms with Gasteiger partial charge in [-0.25, -0.2) is 9.48 Å². The van der Waals surface area contributed by atoms with Crippen molar-refractivity contribution in [1.82, 2.24) is 19.6 Å². The number of hydrogen-bond acceptors (Lipinski definition) is 4. The number of carbonyl (C=O) groups excluding carboxylic acids is 1. The highest BCUT2D eigenvalue weighted by molar-refractivity contribution is 5.94. The number of aromatic nitrogens is 4. The first-order chi connectivity index (χ1) is 9.93. The molecule has 0 spiro atoms. The van der Waals surface area contributed by atoms with Crippen molar-refractivity contribution in [3.05, 3.63) is 29.8 Å². The van der Waals surface area contributed by atoms with Crippen LogP contribution in [0.2, 0.25) is 0 Å². The minimum absolute atomic E-state index is 0.0291. The molecule has 0 saturated carbocycles. The molecule has 8 heteroatoms. The monoisotopic (exact) mass is 291 g/mol. The highest BCUT2D eigenvalue weighted by atomic mass is 16.4. The SMILES string of the molecule is CCn1cc(NC(=O)C(C)n2nccc2C(=O)O)c(C)n1. The fourth-order valence-corrected chi connectivity index (χ4v) is 1.94. The Hall–Kier alpha value is -2.64. The fourth-order valence-electron chi connectivity index (χ4n) is 1.94. The summed E-state index contributed by atoms with van der Waals surface area (Å²) in [5.41, 5.74) is 1.28. The second-order valence-corrected chi connectivity index (χ2v) is 4.62. The van der Waals surface area contributed by atoms with Gasteiger partial charge in [-0.15, -0.1) is 0 Å². The van der Waals surface area contributed by atoms with E-state index < -0.39 is 12.0 Å². The Balaban J connectivity index is 2.17. The third-order valence-electron chi connectivity index (χ3n) is 3.16. The molecule has 2 heterocycles. The zero-order chi connectivity index (χ0) is 15.6. The average molecular weight is 291 g/mol. The molecule has 0 aliphatic rings. The molecular weight excluding hydrogens is 274 g/mol. The first kappa shape index (κ1) is 14.8. The predicted octanol–water partition coefficient (Wildman–Crippen LogP) is 1.31. The summed E-state index contributed by atoms with van der Waals surface area (Å²) < 4.78 is 2.89. The van der Waals surface area contributed by atoms with E-state index in [-0.39, 0.29) is 11.6 Å². The number of anilines is 1. The van der Waals surface area contributed by atoms with Gasteiger partial charge in [0.25, 0.3) is 0 Å². The van der Waals surface area contributed by atoms with Crippen LogP contribution in [0, 0.1) is 6.92 Å². The number of amides is 1. The van der Waals surface area contributed by atoms with E-state index in [4.69, 9.17) is 5.11 Å². The van der Waals surface area contributed by atoms with Gasteiger partial charge in [-0.3, -0.25) is 9.48 Å². The largest absolute Gasteiger partial charge is 0.477 e. The van der Waals surface area contributed by atoms with Gasteiger partial charge in [-0.2, -0.15) is 10.2 Å². The van der Waals surface area contributed by atoms with Crippen LogP contribution in [0.4, 0.5) is 5.69 Å². The molecule has 0 aliphatic carbocycles. The maximum absolute atomic E-state index is 12.2. The Morgan fingerprint density at radius 3 is 2.76 bits per heavy atom. The van der Waals surface area contributed by atoms with Crippen LogP contribution >= 0.6 is 0 Å². The Morgan fingerprint density at radius 1 is 1.48 bits per heavy atom. The topological polar surface area (TPSA) is 102 Å². The lowest BCUT2D eigenvalue weighted by Crippen LogP contribution is -2.26. The molecule has 0 aliphatic heterocycles. The molecule has 21 heavy (non-hydrogen) atoms. The second kappa shape index (κ2) is 5.78. The summed E-state index contributed by atoms with van der Waals surface area (Å²) >= 11 is 0. The highest BCUT2D eigenvalue weighted by Gasteiger charge is 2.22. The number of carboxylic acid groups (broad SMARTS) is 1. The lowest BCUT2D eigenvalue weighted by molar-refractivity contribution is -0.119. The molecule has 0 bridgehead atoms. The lowest BCUT2D eigenvalue weighted by Gasteiger charge is -2.13. The molecule has 2 N–H and O–H groups in total. The number of rotatable bonds is 5. The molecule has 1 atom stereocenters. The smallest absolute Gasteiger partial charge is 0.354 e. The third kappa shape index (κ3) is 2.93. The lowest BCUT2D eigenvalue weighted by atomic mass is 10.3. The normalized spacial score (nSPS) is 12.1. The van der Waals surface area contributed by atoms with Crippen molar-refractivity contribution >= 4 is 17.6 Å². The molecule has 2 aromatic heterocycles. The summed E-state index contributed by atoms with van der Waals surface area (Å²) in [5.74, 6) is -1.47. The van der Waals surface area contributed by atoms with Crippen molar-refractivity contribution in [2.24, 2.45) is 0 Å². The van der Waals surface area contributed by atoms with Crippen LogP contribution < -0.4 is 5.32 Å². The highest BCUT2D eigenvalue weighted by Crippen LogP contribution is 2.16. The first-order valence-corrected chi connectivity index (χ1v) is 6.55. The van der Waals surface area contributed by atoms with Crippen LogP contribution in [0.25, 0.3) is 0 Å². The molecular formula is C13H17N5O3. The Bertz CT molecular complexity index is 673. The van der Waals surface area contributed by atoms with E-state index in [1.54, 1.807) is 24.7 Å². The van der Waals surface area contributed by atoms with Gasteiger partial charge in [0.05, 0.1) is 11.4 Å². The minimum Gasteiger partial charge on any atom is -0.477 e. The van der Waals surface area contributed by atoms with Crippen LogP contribution in [0.15, 0.2) is 18.5 Å². The molecule has 1 amide bonds. The van der Waals surface area contributed by atoms with Crippen LogP contribution in [-0.2, 0) is 11.3 Å². The number of carbonyl (C=O) groups is 2. The van der Waals surface area contributed by atoms with Gasteiger partial charge in [0.15, 0.2) is 0 Å². The van der Waals surface area contributed by atoms with E-state index in [2.05, 4.69) is 15.5 Å². The maximum atomic E-state index is 12.2. The molecule has 0 radical (unpaired) electrons. The molecule has 2 aromatic rings. The number of aryl methyl sites for hydroxylation is 2. The molecule has 0 saturated heterocycles. The number of hydrogen-bond donors (Lipinski definition) is 2. The van der Waals surface area contributed by atoms with Crippen molar-refractivity contribution in [3.8, 4) is 0 Å². The van der Waals surface area contributed by atoms with Gasteiger partial charge in [0.2, 0.25) is 5.91 Å². The zero-order valence-electron chi connectivity index (χ0n) is 12.1. The van der Waals surface area contributed by atoms with E-state index in [9.17, 15) is 9.59 Å². The van der Waals surface area contributed by atoms with Crippen molar-refractivity contribution in [2.75, 3.05) is 5.32 Å². The molecule has 0 aromatic carbocycles. The number of nitrogens with zero attached hydrogens (tertiary/aromatic N) is 4. The average Bonchev–Trinajstić information content (AvgIpc) is 3.05. The van der Waals surface area contributed by atoms with E-state index in [0.29, 0.717) is 17.9 Å². The number of carboxylic acids is 1. The van der Waals surface area contributed by atoms with Crippen molar-refractivity contribution in [2.45, 2.75) is 33.4 Å². The Labute approximate surface area is 121 Å². The van der Waals surface area contributed by atoms with Gasteiger partial charge in [-0.05, 0) is 26.8 Å². The quantitative estimate of drug-likeness (QED) is 0.864. The van der Waals surface area contributed by atoms with Crippen molar-refractivity contribution < 1.29 is 14.7 Å². The van der Waals surface area contributed by atoms with Gasteiger partial charge < -0.3 is 10.4 Å². The Morgan fingerprint density at radius 2 is 2.19 bits per heavy atom. The molecule has 8 nitrogen and oxygen atoms in total. The summed E-state index contributed by atoms with van der Waals surface area (Å²) in [6.45, 7) is 6.04. The number of nitrogens with one attached hydrogen (secondary N) is 1. The zero-order valence-corrected chi connectivity index (χ0v) is 12.1. The van der Waals surface area contributed by atoms with Gasteiger partial charge in [0.1, 0.15) is 11.7 Å². The Kier molecular flexibility index (Phi) is 4.06. The van der Waals surface area contributed by atoms with Crippen LogP contribution in [-0.4, -0.2) is 36.5 Å². The summed E-state index contributed by atoms with van der Waals surface area (Å²) in [6, 6.07) is 0.613. The van der Waals surface area contributed by atoms with Gasteiger partial charge >= 0.3 is 5.97 Å². The number of aromatic carboxylic acids is 1. The van der Waals surface area contributed by atoms with Crippen LogP contribution in [0.5, 0.6) is 0 Å². The predicted molar refractivity (Wildman–Crippen MR) is 75.2 cm³/mol. The minimum atomic E-state index is -1.12. The third-order valence-corrected chi connectivity index (χ3v) is 3.16. The van der Waals surface area contributed by atoms with Crippen molar-refractivity contribution in [3.63, 3.8) is 0 Å². The van der Waals surface area contributed by atoms with E-state index in [1.165, 1.54) is 16.9 Å². The fraction of sp³-hybridized carbons (Fsp3) is 0.385. The van der Waals surface area contributed by atoms with Gasteiger partial charge in [-0.1, -0.05) is 0 Å². The molecule has 2 rings (SSSR count). The summed E-state index contributed by atoms with van der Waals surface area (Å²) in [5, 5.41) is 19.9. The molecule has 112 valence electrons. The van der Waals surface area contributed by atoms with Crippen molar-refractivity contribution in [1.29, 1.82) is 0 Å². The van der Waals surface area contributed by atoms with E-state index >= 15 is 0 Å². The van der Waals surface area contributed by atoms with Crippen LogP contribution in [0.3, 0.4) is 0 Å².